The zero-order valence-corrected chi connectivity index (χ0v) is 19.3. The van der Waals surface area contributed by atoms with Gasteiger partial charge in [0.2, 0.25) is 5.91 Å². The molecular weight excluding hydrogens is 432 g/mol. The number of para-hydroxylation sites is 1. The van der Waals surface area contributed by atoms with E-state index < -0.39 is 0 Å². The summed E-state index contributed by atoms with van der Waals surface area (Å²) in [4.78, 5) is 30.8. The highest BCUT2D eigenvalue weighted by atomic mass is 32.1. The first kappa shape index (κ1) is 22.4. The summed E-state index contributed by atoms with van der Waals surface area (Å²) >= 11 is 1.67. The molecule has 1 aromatic heterocycles. The Balaban J connectivity index is 1.37. The molecular formula is C27H24N2O3S. The topological polar surface area (TPSA) is 68.3 Å². The number of nitrogens with zero attached hydrogens (tertiary/aromatic N) is 1. The molecule has 4 aromatic rings. The van der Waals surface area contributed by atoms with Crippen LogP contribution in [0.3, 0.4) is 0 Å². The Bertz CT molecular complexity index is 1260. The van der Waals surface area contributed by atoms with Gasteiger partial charge in [-0.1, -0.05) is 54.6 Å². The number of anilines is 1. The molecule has 0 unspecified atom stereocenters. The van der Waals surface area contributed by atoms with Crippen LogP contribution in [0.2, 0.25) is 0 Å². The molecule has 1 N–H and O–H groups in total. The molecule has 33 heavy (non-hydrogen) atoms. The second-order valence-corrected chi connectivity index (χ2v) is 8.74. The number of thiazole rings is 1. The van der Waals surface area contributed by atoms with Crippen molar-refractivity contribution in [3.63, 3.8) is 0 Å². The monoisotopic (exact) mass is 456 g/mol. The lowest BCUT2D eigenvalue weighted by Gasteiger charge is -2.08. The lowest BCUT2D eigenvalue weighted by atomic mass is 10.1. The SMILES string of the molecule is COc1ccccc1C(=O)CCC(=O)Nc1ccc(-c2nc(-c3ccccc3)sc2C)cc1. The molecule has 0 spiro atoms. The first-order chi connectivity index (χ1) is 16.0. The van der Waals surface area contributed by atoms with E-state index in [9.17, 15) is 9.59 Å². The average molecular weight is 457 g/mol. The maximum Gasteiger partial charge on any atom is 0.224 e. The van der Waals surface area contributed by atoms with Crippen LogP contribution >= 0.6 is 11.3 Å². The highest BCUT2D eigenvalue weighted by Crippen LogP contribution is 2.33. The Hall–Kier alpha value is -3.77. The minimum atomic E-state index is -0.206. The third-order valence-electron chi connectivity index (χ3n) is 5.25. The molecule has 0 bridgehead atoms. The van der Waals surface area contributed by atoms with Gasteiger partial charge in [0.05, 0.1) is 18.4 Å². The smallest absolute Gasteiger partial charge is 0.224 e. The Morgan fingerprint density at radius 2 is 1.58 bits per heavy atom. The Morgan fingerprint density at radius 3 is 2.30 bits per heavy atom. The normalized spacial score (nSPS) is 10.6. The van der Waals surface area contributed by atoms with E-state index in [1.807, 2.05) is 48.5 Å². The Morgan fingerprint density at radius 1 is 0.879 bits per heavy atom. The van der Waals surface area contributed by atoms with Gasteiger partial charge in [0.1, 0.15) is 10.8 Å². The lowest BCUT2D eigenvalue weighted by Crippen LogP contribution is -2.13. The summed E-state index contributed by atoms with van der Waals surface area (Å²) in [5, 5.41) is 3.85. The van der Waals surface area contributed by atoms with E-state index in [2.05, 4.69) is 24.4 Å². The number of aromatic nitrogens is 1. The van der Waals surface area contributed by atoms with Crippen LogP contribution in [-0.4, -0.2) is 23.8 Å². The maximum absolute atomic E-state index is 12.5. The molecule has 3 aromatic carbocycles. The molecule has 0 aliphatic heterocycles. The van der Waals surface area contributed by atoms with E-state index in [0.717, 1.165) is 26.7 Å². The number of hydrogen-bond donors (Lipinski definition) is 1. The van der Waals surface area contributed by atoms with Crippen LogP contribution in [0.25, 0.3) is 21.8 Å². The first-order valence-electron chi connectivity index (χ1n) is 10.6. The molecule has 0 fully saturated rings. The van der Waals surface area contributed by atoms with Crippen LogP contribution < -0.4 is 10.1 Å². The molecule has 0 saturated heterocycles. The Kier molecular flexibility index (Phi) is 6.95. The number of nitrogens with one attached hydrogen (secondary N) is 1. The molecule has 4 rings (SSSR count). The summed E-state index contributed by atoms with van der Waals surface area (Å²) < 4.78 is 5.23. The Labute approximate surface area is 197 Å². The van der Waals surface area contributed by atoms with E-state index in [4.69, 9.17) is 9.72 Å². The van der Waals surface area contributed by atoms with Crippen LogP contribution in [0.4, 0.5) is 5.69 Å². The van der Waals surface area contributed by atoms with Crippen molar-refractivity contribution in [2.45, 2.75) is 19.8 Å². The van der Waals surface area contributed by atoms with Gasteiger partial charge in [0.25, 0.3) is 0 Å². The molecule has 5 nitrogen and oxygen atoms in total. The summed E-state index contributed by atoms with van der Waals surface area (Å²) in [6.07, 6.45) is 0.217. The number of Topliss-reactive ketones (excluding diaryl/α,β-unsaturated/α-hetero) is 1. The summed E-state index contributed by atoms with van der Waals surface area (Å²) in [6.45, 7) is 2.06. The number of hydrogen-bond acceptors (Lipinski definition) is 5. The molecule has 0 radical (unpaired) electrons. The van der Waals surface area contributed by atoms with Crippen LogP contribution in [0.1, 0.15) is 28.1 Å². The summed E-state index contributed by atoms with van der Waals surface area (Å²) in [7, 11) is 1.53. The zero-order chi connectivity index (χ0) is 23.2. The second kappa shape index (κ2) is 10.2. The van der Waals surface area contributed by atoms with Gasteiger partial charge >= 0.3 is 0 Å². The van der Waals surface area contributed by atoms with Gasteiger partial charge in [-0.3, -0.25) is 9.59 Å². The van der Waals surface area contributed by atoms with Crippen molar-refractivity contribution >= 4 is 28.7 Å². The first-order valence-corrected chi connectivity index (χ1v) is 11.5. The molecule has 1 heterocycles. The minimum absolute atomic E-state index is 0.101. The number of aryl methyl sites for hydroxylation is 1. The number of carbonyl (C=O) groups is 2. The number of benzene rings is 3. The molecule has 166 valence electrons. The van der Waals surface area contributed by atoms with Gasteiger partial charge in [0.15, 0.2) is 5.78 Å². The second-order valence-electron chi connectivity index (χ2n) is 7.54. The third-order valence-corrected chi connectivity index (χ3v) is 6.27. The highest BCUT2D eigenvalue weighted by molar-refractivity contribution is 7.15. The average Bonchev–Trinajstić information content (AvgIpc) is 3.25. The maximum atomic E-state index is 12.5. The van der Waals surface area contributed by atoms with E-state index in [0.29, 0.717) is 17.0 Å². The quantitative estimate of drug-likeness (QED) is 0.312. The number of amides is 1. The van der Waals surface area contributed by atoms with Crippen molar-refractivity contribution in [3.8, 4) is 27.6 Å². The predicted octanol–water partition coefficient (Wildman–Crippen LogP) is 6.40. The van der Waals surface area contributed by atoms with E-state index in [1.54, 1.807) is 29.5 Å². The van der Waals surface area contributed by atoms with Crippen molar-refractivity contribution < 1.29 is 14.3 Å². The minimum Gasteiger partial charge on any atom is -0.496 e. The van der Waals surface area contributed by atoms with Gasteiger partial charge < -0.3 is 10.1 Å². The predicted molar refractivity (Wildman–Crippen MR) is 133 cm³/mol. The highest BCUT2D eigenvalue weighted by Gasteiger charge is 2.14. The van der Waals surface area contributed by atoms with Gasteiger partial charge in [0, 0.05) is 34.5 Å². The van der Waals surface area contributed by atoms with Crippen LogP contribution in [0.5, 0.6) is 5.75 Å². The van der Waals surface area contributed by atoms with Crippen molar-refractivity contribution in [2.24, 2.45) is 0 Å². The largest absolute Gasteiger partial charge is 0.496 e. The summed E-state index contributed by atoms with van der Waals surface area (Å²) in [5.74, 6) is 0.194. The van der Waals surface area contributed by atoms with E-state index in [-0.39, 0.29) is 24.5 Å². The third kappa shape index (κ3) is 5.35. The summed E-state index contributed by atoms with van der Waals surface area (Å²) in [6, 6.07) is 24.8. The van der Waals surface area contributed by atoms with Crippen LogP contribution in [-0.2, 0) is 4.79 Å². The van der Waals surface area contributed by atoms with Crippen LogP contribution in [0.15, 0.2) is 78.9 Å². The number of rotatable bonds is 8. The van der Waals surface area contributed by atoms with E-state index >= 15 is 0 Å². The fraction of sp³-hybridized carbons (Fsp3) is 0.148. The van der Waals surface area contributed by atoms with Gasteiger partial charge in [-0.2, -0.15) is 0 Å². The summed E-state index contributed by atoms with van der Waals surface area (Å²) in [5.41, 5.74) is 4.22. The van der Waals surface area contributed by atoms with Gasteiger partial charge in [-0.05, 0) is 31.2 Å². The van der Waals surface area contributed by atoms with Gasteiger partial charge in [-0.25, -0.2) is 4.98 Å². The molecule has 0 aliphatic carbocycles. The molecule has 1 amide bonds. The fourth-order valence-electron chi connectivity index (χ4n) is 3.54. The fourth-order valence-corrected chi connectivity index (χ4v) is 4.48. The zero-order valence-electron chi connectivity index (χ0n) is 18.5. The number of ether oxygens (including phenoxy) is 1. The van der Waals surface area contributed by atoms with Crippen LogP contribution in [0, 0.1) is 6.92 Å². The van der Waals surface area contributed by atoms with Crippen molar-refractivity contribution in [1.82, 2.24) is 4.98 Å². The number of methoxy groups -OCH3 is 1. The van der Waals surface area contributed by atoms with E-state index in [1.165, 1.54) is 7.11 Å². The number of carbonyl (C=O) groups excluding carboxylic acids is 2. The number of ketones is 1. The molecule has 0 saturated carbocycles. The standard InChI is InChI=1S/C27H24N2O3S/c1-18-26(29-27(33-18)20-8-4-3-5-9-20)19-12-14-21(15-13-19)28-25(31)17-16-23(30)22-10-6-7-11-24(22)32-2/h3-15H,16-17H2,1-2H3,(H,28,31). The van der Waals surface area contributed by atoms with Crippen molar-refractivity contribution in [3.05, 3.63) is 89.3 Å². The molecule has 0 aliphatic rings. The molecule has 6 heteroatoms. The van der Waals surface area contributed by atoms with Gasteiger partial charge in [-0.15, -0.1) is 11.3 Å². The van der Waals surface area contributed by atoms with Crippen molar-refractivity contribution in [2.75, 3.05) is 12.4 Å². The lowest BCUT2D eigenvalue weighted by molar-refractivity contribution is -0.116. The molecule has 0 atom stereocenters. The van der Waals surface area contributed by atoms with Crippen molar-refractivity contribution in [1.29, 1.82) is 0 Å².